The minimum absolute atomic E-state index is 0.0916. The normalized spacial score (nSPS) is 19.1. The lowest BCUT2D eigenvalue weighted by molar-refractivity contribution is -0.137. The van der Waals surface area contributed by atoms with E-state index in [0.29, 0.717) is 17.6 Å². The molecule has 1 aromatic carbocycles. The van der Waals surface area contributed by atoms with Crippen LogP contribution in [0.1, 0.15) is 43.6 Å². The Hall–Kier alpha value is -1.71. The van der Waals surface area contributed by atoms with E-state index in [1.807, 2.05) is 18.2 Å². The monoisotopic (exact) mass is 290 g/mol. The molecule has 0 radical (unpaired) electrons. The van der Waals surface area contributed by atoms with Crippen LogP contribution in [0, 0.1) is 11.8 Å². The van der Waals surface area contributed by atoms with Crippen LogP contribution in [-0.2, 0) is 4.79 Å². The number of carboxylic acid groups (broad SMARTS) is 1. The molecule has 1 unspecified atom stereocenters. The van der Waals surface area contributed by atoms with Crippen LogP contribution in [0.25, 0.3) is 0 Å². The predicted octanol–water partition coefficient (Wildman–Crippen LogP) is 3.45. The van der Waals surface area contributed by atoms with Crippen LogP contribution in [0.4, 0.5) is 0 Å². The molecule has 114 valence electrons. The van der Waals surface area contributed by atoms with Gasteiger partial charge in [0.1, 0.15) is 0 Å². The van der Waals surface area contributed by atoms with Crippen molar-refractivity contribution in [1.29, 1.82) is 0 Å². The van der Waals surface area contributed by atoms with Gasteiger partial charge < -0.3 is 14.6 Å². The highest BCUT2D eigenvalue weighted by atomic mass is 16.5. The molecule has 4 heteroatoms. The van der Waals surface area contributed by atoms with Gasteiger partial charge in [-0.1, -0.05) is 6.07 Å². The third kappa shape index (κ3) is 3.69. The predicted molar refractivity (Wildman–Crippen MR) is 78.9 cm³/mol. The average Bonchev–Trinajstić information content (AvgIpc) is 3.36. The summed E-state index contributed by atoms with van der Waals surface area (Å²) in [5.74, 6) is 2.03. The maximum Gasteiger partial charge on any atom is 0.303 e. The highest BCUT2D eigenvalue weighted by Crippen LogP contribution is 2.46. The second-order valence-corrected chi connectivity index (χ2v) is 6.21. The van der Waals surface area contributed by atoms with Gasteiger partial charge in [0.25, 0.3) is 0 Å². The van der Waals surface area contributed by atoms with E-state index in [1.54, 1.807) is 7.11 Å². The van der Waals surface area contributed by atoms with Crippen molar-refractivity contribution in [2.75, 3.05) is 13.7 Å². The van der Waals surface area contributed by atoms with Gasteiger partial charge in [-0.3, -0.25) is 4.79 Å². The van der Waals surface area contributed by atoms with Gasteiger partial charge in [-0.15, -0.1) is 0 Å². The second kappa shape index (κ2) is 5.96. The maximum absolute atomic E-state index is 11.1. The molecular weight excluding hydrogens is 268 g/mol. The summed E-state index contributed by atoms with van der Waals surface area (Å²) in [6.45, 7) is 0.747. The summed E-state index contributed by atoms with van der Waals surface area (Å²) in [6.07, 6.45) is 4.95. The maximum atomic E-state index is 11.1. The van der Waals surface area contributed by atoms with Crippen LogP contribution in [-0.4, -0.2) is 24.8 Å². The fourth-order valence-electron chi connectivity index (χ4n) is 2.77. The topological polar surface area (TPSA) is 55.8 Å². The molecule has 0 aliphatic heterocycles. The van der Waals surface area contributed by atoms with E-state index in [1.165, 1.54) is 12.8 Å². The molecule has 2 aliphatic rings. The summed E-state index contributed by atoms with van der Waals surface area (Å²) in [4.78, 5) is 11.1. The Morgan fingerprint density at radius 3 is 2.62 bits per heavy atom. The number of ether oxygens (including phenoxy) is 2. The van der Waals surface area contributed by atoms with Crippen LogP contribution in [0.5, 0.6) is 11.5 Å². The third-order valence-electron chi connectivity index (χ3n) is 4.37. The largest absolute Gasteiger partial charge is 0.493 e. The van der Waals surface area contributed by atoms with Crippen LogP contribution in [0.2, 0.25) is 0 Å². The first-order valence-corrected chi connectivity index (χ1v) is 7.70. The Kier molecular flexibility index (Phi) is 4.04. The molecule has 0 heterocycles. The lowest BCUT2D eigenvalue weighted by atomic mass is 9.91. The van der Waals surface area contributed by atoms with Gasteiger partial charge >= 0.3 is 5.97 Å². The SMILES string of the molecule is COc1cc(C(CC(=O)O)C2CC2)ccc1OCC1CC1. The highest BCUT2D eigenvalue weighted by Gasteiger charge is 2.34. The van der Waals surface area contributed by atoms with Gasteiger partial charge in [-0.2, -0.15) is 0 Å². The van der Waals surface area contributed by atoms with Crippen molar-refractivity contribution in [3.05, 3.63) is 23.8 Å². The molecule has 2 fully saturated rings. The Morgan fingerprint density at radius 2 is 2.05 bits per heavy atom. The molecule has 0 aromatic heterocycles. The van der Waals surface area contributed by atoms with E-state index < -0.39 is 5.97 Å². The summed E-state index contributed by atoms with van der Waals surface area (Å²) >= 11 is 0. The smallest absolute Gasteiger partial charge is 0.303 e. The van der Waals surface area contributed by atoms with E-state index in [4.69, 9.17) is 14.6 Å². The lowest BCUT2D eigenvalue weighted by Crippen LogP contribution is -2.09. The molecule has 1 atom stereocenters. The summed E-state index contributed by atoms with van der Waals surface area (Å²) in [6, 6.07) is 5.87. The van der Waals surface area contributed by atoms with Crippen molar-refractivity contribution in [3.8, 4) is 11.5 Å². The number of carbonyl (C=O) groups is 1. The van der Waals surface area contributed by atoms with Gasteiger partial charge in [0.05, 0.1) is 20.1 Å². The van der Waals surface area contributed by atoms with Crippen LogP contribution >= 0.6 is 0 Å². The number of aliphatic carboxylic acids is 1. The second-order valence-electron chi connectivity index (χ2n) is 6.21. The van der Waals surface area contributed by atoms with E-state index in [9.17, 15) is 4.79 Å². The van der Waals surface area contributed by atoms with Gasteiger partial charge in [0.2, 0.25) is 0 Å². The first-order chi connectivity index (χ1) is 10.2. The zero-order valence-electron chi connectivity index (χ0n) is 12.4. The minimum Gasteiger partial charge on any atom is -0.493 e. The number of methoxy groups -OCH3 is 1. The molecule has 0 bridgehead atoms. The summed E-state index contributed by atoms with van der Waals surface area (Å²) in [7, 11) is 1.63. The fraction of sp³-hybridized carbons (Fsp3) is 0.588. The Bertz CT molecular complexity index is 518. The number of carboxylic acids is 1. The number of benzene rings is 1. The molecule has 1 aromatic rings. The average molecular weight is 290 g/mol. The quantitative estimate of drug-likeness (QED) is 0.796. The van der Waals surface area contributed by atoms with Crippen molar-refractivity contribution in [3.63, 3.8) is 0 Å². The van der Waals surface area contributed by atoms with Crippen molar-refractivity contribution in [1.82, 2.24) is 0 Å². The summed E-state index contributed by atoms with van der Waals surface area (Å²) < 4.78 is 11.2. The highest BCUT2D eigenvalue weighted by molar-refractivity contribution is 5.68. The number of rotatable bonds is 8. The molecule has 3 rings (SSSR count). The third-order valence-corrected chi connectivity index (χ3v) is 4.37. The van der Waals surface area contributed by atoms with Crippen LogP contribution in [0.15, 0.2) is 18.2 Å². The number of hydrogen-bond acceptors (Lipinski definition) is 3. The number of hydrogen-bond donors (Lipinski definition) is 1. The van der Waals surface area contributed by atoms with Crippen molar-refractivity contribution in [2.45, 2.75) is 38.0 Å². The zero-order valence-corrected chi connectivity index (χ0v) is 12.4. The first-order valence-electron chi connectivity index (χ1n) is 7.70. The molecule has 21 heavy (non-hydrogen) atoms. The standard InChI is InChI=1S/C17H22O4/c1-20-16-8-13(14(9-17(18)19)12-4-5-12)6-7-15(16)21-10-11-2-3-11/h6-8,11-12,14H,2-5,9-10H2,1H3,(H,18,19). The van der Waals surface area contributed by atoms with Gasteiger partial charge in [0, 0.05) is 0 Å². The van der Waals surface area contributed by atoms with Gasteiger partial charge in [0.15, 0.2) is 11.5 Å². The Balaban J connectivity index is 1.76. The van der Waals surface area contributed by atoms with E-state index >= 15 is 0 Å². The molecule has 0 saturated heterocycles. The van der Waals surface area contributed by atoms with Crippen molar-refractivity contribution < 1.29 is 19.4 Å². The minimum atomic E-state index is -0.736. The van der Waals surface area contributed by atoms with Crippen LogP contribution in [0.3, 0.4) is 0 Å². The lowest BCUT2D eigenvalue weighted by Gasteiger charge is -2.17. The molecule has 2 aliphatic carbocycles. The Labute approximate surface area is 125 Å². The fourth-order valence-corrected chi connectivity index (χ4v) is 2.77. The van der Waals surface area contributed by atoms with E-state index in [2.05, 4.69) is 0 Å². The molecular formula is C17H22O4. The molecule has 0 spiro atoms. The van der Waals surface area contributed by atoms with Gasteiger partial charge in [-0.05, 0) is 61.1 Å². The zero-order chi connectivity index (χ0) is 14.8. The van der Waals surface area contributed by atoms with Crippen LogP contribution < -0.4 is 9.47 Å². The molecule has 4 nitrogen and oxygen atoms in total. The van der Waals surface area contributed by atoms with Crippen molar-refractivity contribution >= 4 is 5.97 Å². The van der Waals surface area contributed by atoms with E-state index in [0.717, 1.165) is 30.8 Å². The summed E-state index contributed by atoms with van der Waals surface area (Å²) in [5.41, 5.74) is 1.05. The first kappa shape index (κ1) is 14.2. The van der Waals surface area contributed by atoms with E-state index in [-0.39, 0.29) is 12.3 Å². The van der Waals surface area contributed by atoms with Gasteiger partial charge in [-0.25, -0.2) is 0 Å². The molecule has 1 N–H and O–H groups in total. The molecule has 2 saturated carbocycles. The molecule has 0 amide bonds. The summed E-state index contributed by atoms with van der Waals surface area (Å²) in [5, 5.41) is 9.10. The Morgan fingerprint density at radius 1 is 1.29 bits per heavy atom. The van der Waals surface area contributed by atoms with Crippen molar-refractivity contribution in [2.24, 2.45) is 11.8 Å².